The lowest BCUT2D eigenvalue weighted by Gasteiger charge is -2.37. The lowest BCUT2D eigenvalue weighted by molar-refractivity contribution is 0.168. The fourth-order valence-corrected chi connectivity index (χ4v) is 3.73. The van der Waals surface area contributed by atoms with Gasteiger partial charge in [-0.2, -0.15) is 0 Å². The van der Waals surface area contributed by atoms with Crippen molar-refractivity contribution in [3.63, 3.8) is 0 Å². The zero-order valence-corrected chi connectivity index (χ0v) is 12.4. The molecule has 0 saturated carbocycles. The third-order valence-electron chi connectivity index (χ3n) is 4.47. The van der Waals surface area contributed by atoms with E-state index in [1.165, 1.54) is 18.9 Å². The molecule has 1 N–H and O–H groups in total. The molecule has 2 atom stereocenters. The number of rotatable bonds is 2. The number of nitrogens with zero attached hydrogens (tertiary/aromatic N) is 1. The Labute approximate surface area is 120 Å². The van der Waals surface area contributed by atoms with Crippen LogP contribution >= 0.6 is 15.9 Å². The Kier molecular flexibility index (Phi) is 3.52. The van der Waals surface area contributed by atoms with Gasteiger partial charge in [0.25, 0.3) is 0 Å². The Morgan fingerprint density at radius 3 is 2.42 bits per heavy atom. The maximum absolute atomic E-state index is 13.7. The van der Waals surface area contributed by atoms with Crippen molar-refractivity contribution in [3.8, 4) is 0 Å². The van der Waals surface area contributed by atoms with Crippen LogP contribution in [0, 0.1) is 11.6 Å². The van der Waals surface area contributed by atoms with Gasteiger partial charge in [0.1, 0.15) is 11.6 Å². The number of hydrogen-bond donors (Lipinski definition) is 1. The number of halogens is 3. The highest BCUT2D eigenvalue weighted by Crippen LogP contribution is 2.36. The largest absolute Gasteiger partial charge is 0.380 e. The van der Waals surface area contributed by atoms with Crippen molar-refractivity contribution in [2.45, 2.75) is 43.8 Å². The van der Waals surface area contributed by atoms with Gasteiger partial charge in [-0.3, -0.25) is 0 Å². The van der Waals surface area contributed by atoms with Gasteiger partial charge in [-0.15, -0.1) is 0 Å². The zero-order valence-electron chi connectivity index (χ0n) is 10.8. The lowest BCUT2D eigenvalue weighted by atomic mass is 9.97. The topological polar surface area (TPSA) is 15.3 Å². The molecule has 5 heteroatoms. The van der Waals surface area contributed by atoms with Gasteiger partial charge in [0.15, 0.2) is 0 Å². The second-order valence-corrected chi connectivity index (χ2v) is 6.46. The van der Waals surface area contributed by atoms with Crippen molar-refractivity contribution in [1.29, 1.82) is 0 Å². The van der Waals surface area contributed by atoms with E-state index >= 15 is 0 Å². The number of fused-ring (bicyclic) bond motifs is 2. The summed E-state index contributed by atoms with van der Waals surface area (Å²) in [4.78, 5) is 2.44. The molecule has 1 aromatic rings. The van der Waals surface area contributed by atoms with Crippen LogP contribution in [-0.2, 0) is 0 Å². The number of piperidine rings is 1. The van der Waals surface area contributed by atoms with Crippen molar-refractivity contribution < 1.29 is 8.78 Å². The van der Waals surface area contributed by atoms with Crippen molar-refractivity contribution >= 4 is 21.6 Å². The van der Waals surface area contributed by atoms with Gasteiger partial charge in [-0.25, -0.2) is 8.78 Å². The van der Waals surface area contributed by atoms with Gasteiger partial charge in [-0.1, -0.05) is 0 Å². The van der Waals surface area contributed by atoms with Crippen molar-refractivity contribution in [2.75, 3.05) is 12.4 Å². The second kappa shape index (κ2) is 5.02. The first-order valence-electron chi connectivity index (χ1n) is 6.67. The maximum Gasteiger partial charge on any atom is 0.149 e. The minimum Gasteiger partial charge on any atom is -0.380 e. The third kappa shape index (κ3) is 2.50. The van der Waals surface area contributed by atoms with Gasteiger partial charge in [0.05, 0.1) is 10.2 Å². The highest BCUT2D eigenvalue weighted by molar-refractivity contribution is 9.10. The molecule has 2 fully saturated rings. The van der Waals surface area contributed by atoms with Crippen LogP contribution in [0.2, 0.25) is 0 Å². The monoisotopic (exact) mass is 330 g/mol. The van der Waals surface area contributed by atoms with Crippen LogP contribution in [0.25, 0.3) is 0 Å². The molecule has 2 bridgehead atoms. The summed E-state index contributed by atoms with van der Waals surface area (Å²) in [5.74, 6) is -1.08. The van der Waals surface area contributed by atoms with Crippen LogP contribution in [0.15, 0.2) is 16.6 Å². The normalized spacial score (nSPS) is 30.6. The van der Waals surface area contributed by atoms with Crippen LogP contribution in [-0.4, -0.2) is 30.1 Å². The number of hydrogen-bond acceptors (Lipinski definition) is 2. The van der Waals surface area contributed by atoms with Gasteiger partial charge >= 0.3 is 0 Å². The molecule has 1 aromatic carbocycles. The van der Waals surface area contributed by atoms with E-state index in [0.29, 0.717) is 22.2 Å². The Morgan fingerprint density at radius 1 is 1.16 bits per heavy atom. The third-order valence-corrected chi connectivity index (χ3v) is 5.08. The highest BCUT2D eigenvalue weighted by Gasteiger charge is 2.38. The maximum atomic E-state index is 13.7. The van der Waals surface area contributed by atoms with Gasteiger partial charge < -0.3 is 10.2 Å². The lowest BCUT2D eigenvalue weighted by Crippen LogP contribution is -2.44. The van der Waals surface area contributed by atoms with E-state index in [2.05, 4.69) is 33.2 Å². The molecule has 2 saturated heterocycles. The number of nitrogens with one attached hydrogen (secondary N) is 1. The Morgan fingerprint density at radius 2 is 1.79 bits per heavy atom. The molecule has 0 amide bonds. The van der Waals surface area contributed by atoms with Crippen LogP contribution in [0.3, 0.4) is 0 Å². The summed E-state index contributed by atoms with van der Waals surface area (Å²) < 4.78 is 27.2. The number of anilines is 1. The molecule has 0 aliphatic carbocycles. The summed E-state index contributed by atoms with van der Waals surface area (Å²) in [6.07, 6.45) is 4.52. The Hall–Kier alpha value is -0.680. The summed E-state index contributed by atoms with van der Waals surface area (Å²) in [5.41, 5.74) is 0.391. The first-order chi connectivity index (χ1) is 9.04. The molecule has 0 spiro atoms. The molecule has 104 valence electrons. The van der Waals surface area contributed by atoms with Gasteiger partial charge in [0, 0.05) is 24.2 Å². The minimum absolute atomic E-state index is 0.278. The molecule has 2 aliphatic rings. The van der Waals surface area contributed by atoms with E-state index in [1.807, 2.05) is 0 Å². The van der Waals surface area contributed by atoms with Crippen LogP contribution < -0.4 is 5.32 Å². The SMILES string of the molecule is CN1C2CCC1CC(Nc1cc(Br)c(F)cc1F)C2. The Bertz CT molecular complexity index is 481. The molecular formula is C14H17BrF2N2. The molecule has 0 aromatic heterocycles. The zero-order chi connectivity index (χ0) is 13.6. The predicted octanol–water partition coefficient (Wildman–Crippen LogP) is 3.76. The van der Waals surface area contributed by atoms with Crippen LogP contribution in [0.4, 0.5) is 14.5 Å². The summed E-state index contributed by atoms with van der Waals surface area (Å²) in [7, 11) is 2.17. The first kappa shape index (κ1) is 13.3. The Balaban J connectivity index is 1.74. The average molecular weight is 331 g/mol. The minimum atomic E-state index is -0.563. The molecular weight excluding hydrogens is 314 g/mol. The van der Waals surface area contributed by atoms with Crippen molar-refractivity contribution in [3.05, 3.63) is 28.2 Å². The summed E-state index contributed by atoms with van der Waals surface area (Å²) in [5, 5.41) is 3.24. The number of benzene rings is 1. The fourth-order valence-electron chi connectivity index (χ4n) is 3.38. The van der Waals surface area contributed by atoms with E-state index in [0.717, 1.165) is 18.9 Å². The summed E-state index contributed by atoms with van der Waals surface area (Å²) >= 11 is 3.10. The molecule has 2 nitrogen and oxygen atoms in total. The molecule has 2 unspecified atom stereocenters. The van der Waals surface area contributed by atoms with Crippen LogP contribution in [0.5, 0.6) is 0 Å². The highest BCUT2D eigenvalue weighted by atomic mass is 79.9. The average Bonchev–Trinajstić information content (AvgIpc) is 2.60. The predicted molar refractivity (Wildman–Crippen MR) is 75.3 cm³/mol. The van der Waals surface area contributed by atoms with E-state index in [-0.39, 0.29) is 6.04 Å². The molecule has 2 aliphatic heterocycles. The fraction of sp³-hybridized carbons (Fsp3) is 0.571. The van der Waals surface area contributed by atoms with E-state index in [1.54, 1.807) is 0 Å². The van der Waals surface area contributed by atoms with Gasteiger partial charge in [-0.05, 0) is 54.7 Å². The summed E-state index contributed by atoms with van der Waals surface area (Å²) in [6, 6.07) is 3.90. The van der Waals surface area contributed by atoms with E-state index in [4.69, 9.17) is 0 Å². The van der Waals surface area contributed by atoms with Crippen molar-refractivity contribution in [2.24, 2.45) is 0 Å². The smallest absolute Gasteiger partial charge is 0.149 e. The van der Waals surface area contributed by atoms with Crippen LogP contribution in [0.1, 0.15) is 25.7 Å². The van der Waals surface area contributed by atoms with E-state index in [9.17, 15) is 8.78 Å². The van der Waals surface area contributed by atoms with Crippen molar-refractivity contribution in [1.82, 2.24) is 4.90 Å². The van der Waals surface area contributed by atoms with Gasteiger partial charge in [0.2, 0.25) is 0 Å². The van der Waals surface area contributed by atoms with E-state index < -0.39 is 11.6 Å². The quantitative estimate of drug-likeness (QED) is 0.830. The summed E-state index contributed by atoms with van der Waals surface area (Å²) in [6.45, 7) is 0. The first-order valence-corrected chi connectivity index (χ1v) is 7.47. The molecule has 3 rings (SSSR count). The second-order valence-electron chi connectivity index (χ2n) is 5.61. The standard InChI is InChI=1S/C14H17BrF2N2/c1-19-9-2-3-10(19)5-8(4-9)18-14-6-11(15)12(16)7-13(14)17/h6-10,18H,2-5H2,1H3. The molecule has 19 heavy (non-hydrogen) atoms. The molecule has 0 radical (unpaired) electrons. The molecule has 2 heterocycles.